The number of imide groups is 1. The standard InChI is InChI=1S/C18H15N3O6S/c1-10-4-7-14(16(22)19-10)21-17(23)12-6-5-11(9-13(12)18(21)24)20-28(25,26)15-3-2-8-27-15/h2-3,5-6,8-9,14,20H,1,4,7H2,(H,19,22). The van der Waals surface area contributed by atoms with Crippen LogP contribution < -0.4 is 10.0 Å². The second kappa shape index (κ2) is 6.34. The van der Waals surface area contributed by atoms with Crippen molar-refractivity contribution in [1.82, 2.24) is 10.2 Å². The van der Waals surface area contributed by atoms with E-state index in [1.807, 2.05) is 0 Å². The van der Waals surface area contributed by atoms with Gasteiger partial charge >= 0.3 is 0 Å². The number of sulfonamides is 1. The molecule has 0 spiro atoms. The van der Waals surface area contributed by atoms with E-state index in [1.54, 1.807) is 0 Å². The molecule has 1 atom stereocenters. The quantitative estimate of drug-likeness (QED) is 0.747. The molecule has 0 bridgehead atoms. The lowest BCUT2D eigenvalue weighted by molar-refractivity contribution is -0.125. The first-order valence-electron chi connectivity index (χ1n) is 8.35. The van der Waals surface area contributed by atoms with E-state index in [0.29, 0.717) is 12.1 Å². The monoisotopic (exact) mass is 401 g/mol. The van der Waals surface area contributed by atoms with E-state index in [0.717, 1.165) is 4.90 Å². The molecule has 2 aliphatic rings. The Hall–Kier alpha value is -3.40. The number of allylic oxidation sites excluding steroid dienone is 1. The number of benzene rings is 1. The summed E-state index contributed by atoms with van der Waals surface area (Å²) in [4.78, 5) is 38.6. The number of amides is 3. The van der Waals surface area contributed by atoms with Gasteiger partial charge in [0.05, 0.1) is 17.4 Å². The molecule has 2 N–H and O–H groups in total. The predicted octanol–water partition coefficient (Wildman–Crippen LogP) is 1.47. The van der Waals surface area contributed by atoms with Gasteiger partial charge < -0.3 is 9.73 Å². The van der Waals surface area contributed by atoms with Gasteiger partial charge in [0, 0.05) is 11.4 Å². The van der Waals surface area contributed by atoms with E-state index in [4.69, 9.17) is 4.42 Å². The van der Waals surface area contributed by atoms with Crippen molar-refractivity contribution in [2.45, 2.75) is 24.0 Å². The van der Waals surface area contributed by atoms with Crippen LogP contribution in [0.4, 0.5) is 5.69 Å². The van der Waals surface area contributed by atoms with Crippen LogP contribution in [-0.4, -0.2) is 37.1 Å². The summed E-state index contributed by atoms with van der Waals surface area (Å²) in [5.74, 6) is -1.70. The minimum atomic E-state index is -3.97. The third-order valence-electron chi connectivity index (χ3n) is 4.56. The Morgan fingerprint density at radius 2 is 1.89 bits per heavy atom. The van der Waals surface area contributed by atoms with Gasteiger partial charge in [0.2, 0.25) is 11.0 Å². The second-order valence-electron chi connectivity index (χ2n) is 6.43. The number of nitrogens with zero attached hydrogens (tertiary/aromatic N) is 1. The van der Waals surface area contributed by atoms with E-state index in [2.05, 4.69) is 16.6 Å². The molecule has 0 aliphatic carbocycles. The van der Waals surface area contributed by atoms with E-state index in [-0.39, 0.29) is 28.3 Å². The van der Waals surface area contributed by atoms with Crippen molar-refractivity contribution in [3.05, 3.63) is 60.0 Å². The van der Waals surface area contributed by atoms with Gasteiger partial charge in [-0.1, -0.05) is 6.58 Å². The summed E-state index contributed by atoms with van der Waals surface area (Å²) in [6.07, 6.45) is 1.97. The first-order valence-corrected chi connectivity index (χ1v) is 9.83. The van der Waals surface area contributed by atoms with E-state index in [9.17, 15) is 22.8 Å². The molecule has 1 unspecified atom stereocenters. The molecule has 9 nitrogen and oxygen atoms in total. The smallest absolute Gasteiger partial charge is 0.295 e. The molecule has 144 valence electrons. The topological polar surface area (TPSA) is 126 Å². The Balaban J connectivity index is 1.63. The van der Waals surface area contributed by atoms with Crippen LogP contribution in [0, 0.1) is 0 Å². The second-order valence-corrected chi connectivity index (χ2v) is 8.04. The zero-order valence-electron chi connectivity index (χ0n) is 14.5. The fraction of sp³-hybridized carbons (Fsp3) is 0.167. The maximum Gasteiger partial charge on any atom is 0.295 e. The number of fused-ring (bicyclic) bond motifs is 1. The Kier molecular flexibility index (Phi) is 4.07. The molecular weight excluding hydrogens is 386 g/mol. The highest BCUT2D eigenvalue weighted by atomic mass is 32.2. The van der Waals surface area contributed by atoms with Gasteiger partial charge in [-0.3, -0.25) is 24.0 Å². The van der Waals surface area contributed by atoms with Gasteiger partial charge in [-0.2, -0.15) is 8.42 Å². The van der Waals surface area contributed by atoms with Gasteiger partial charge in [-0.05, 0) is 43.2 Å². The number of carbonyl (C=O) groups is 3. The Morgan fingerprint density at radius 3 is 2.57 bits per heavy atom. The number of furan rings is 1. The van der Waals surface area contributed by atoms with Crippen LogP contribution in [0.25, 0.3) is 0 Å². The first-order chi connectivity index (χ1) is 13.3. The SMILES string of the molecule is C=C1CCC(N2C(=O)c3ccc(NS(=O)(=O)c4ccco4)cc3C2=O)C(=O)N1. The number of hydrogen-bond donors (Lipinski definition) is 2. The summed E-state index contributed by atoms with van der Waals surface area (Å²) in [7, 11) is -3.97. The van der Waals surface area contributed by atoms with Crippen LogP contribution in [0.15, 0.2) is 58.4 Å². The van der Waals surface area contributed by atoms with Crippen LogP contribution >= 0.6 is 0 Å². The maximum atomic E-state index is 12.8. The van der Waals surface area contributed by atoms with Crippen LogP contribution in [0.2, 0.25) is 0 Å². The molecule has 0 radical (unpaired) electrons. The lowest BCUT2D eigenvalue weighted by Gasteiger charge is -2.29. The zero-order chi connectivity index (χ0) is 20.1. The molecule has 4 rings (SSSR count). The number of nitrogens with one attached hydrogen (secondary N) is 2. The molecule has 1 fully saturated rings. The molecule has 2 aliphatic heterocycles. The number of anilines is 1. The molecule has 2 aromatic rings. The Labute approximate surface area is 160 Å². The normalized spacial score (nSPS) is 19.6. The van der Waals surface area contributed by atoms with Crippen molar-refractivity contribution < 1.29 is 27.2 Å². The number of piperidine rings is 1. The number of rotatable bonds is 4. The highest BCUT2D eigenvalue weighted by Crippen LogP contribution is 2.30. The number of carbonyl (C=O) groups excluding carboxylic acids is 3. The molecule has 28 heavy (non-hydrogen) atoms. The minimum Gasteiger partial charge on any atom is -0.451 e. The summed E-state index contributed by atoms with van der Waals surface area (Å²) < 4.78 is 31.7. The molecule has 10 heteroatoms. The fourth-order valence-corrected chi connectivity index (χ4v) is 4.21. The lowest BCUT2D eigenvalue weighted by Crippen LogP contribution is -2.51. The summed E-state index contributed by atoms with van der Waals surface area (Å²) in [5, 5.41) is 2.27. The molecular formula is C18H15N3O6S. The van der Waals surface area contributed by atoms with E-state index in [1.165, 1.54) is 36.6 Å². The minimum absolute atomic E-state index is 0.0295. The summed E-state index contributed by atoms with van der Waals surface area (Å²) in [5.41, 5.74) is 0.775. The highest BCUT2D eigenvalue weighted by Gasteiger charge is 2.44. The van der Waals surface area contributed by atoms with Crippen molar-refractivity contribution in [3.8, 4) is 0 Å². The Morgan fingerprint density at radius 1 is 1.14 bits per heavy atom. The number of hydrogen-bond acceptors (Lipinski definition) is 6. The van der Waals surface area contributed by atoms with Crippen molar-refractivity contribution in [3.63, 3.8) is 0 Å². The molecule has 1 aromatic heterocycles. The van der Waals surface area contributed by atoms with Crippen LogP contribution in [-0.2, 0) is 14.8 Å². The summed E-state index contributed by atoms with van der Waals surface area (Å²) in [6.45, 7) is 3.68. The summed E-state index contributed by atoms with van der Waals surface area (Å²) >= 11 is 0. The van der Waals surface area contributed by atoms with Crippen molar-refractivity contribution in [1.29, 1.82) is 0 Å². The molecule has 1 aromatic carbocycles. The van der Waals surface area contributed by atoms with E-state index < -0.39 is 33.8 Å². The Bertz CT molecular complexity index is 1120. The fourth-order valence-electron chi connectivity index (χ4n) is 3.24. The predicted molar refractivity (Wildman–Crippen MR) is 96.8 cm³/mol. The van der Waals surface area contributed by atoms with Gasteiger partial charge in [-0.25, -0.2) is 0 Å². The van der Waals surface area contributed by atoms with Gasteiger partial charge in [0.1, 0.15) is 6.04 Å². The highest BCUT2D eigenvalue weighted by molar-refractivity contribution is 7.92. The van der Waals surface area contributed by atoms with Gasteiger partial charge in [0.15, 0.2) is 0 Å². The maximum absolute atomic E-state index is 12.8. The molecule has 1 saturated heterocycles. The van der Waals surface area contributed by atoms with Crippen LogP contribution in [0.3, 0.4) is 0 Å². The lowest BCUT2D eigenvalue weighted by atomic mass is 10.0. The largest absolute Gasteiger partial charge is 0.451 e. The third-order valence-corrected chi connectivity index (χ3v) is 5.83. The van der Waals surface area contributed by atoms with Gasteiger partial charge in [0.25, 0.3) is 21.8 Å². The first kappa shape index (κ1) is 18.0. The summed E-state index contributed by atoms with van der Waals surface area (Å²) in [6, 6.07) is 5.78. The van der Waals surface area contributed by atoms with Gasteiger partial charge in [-0.15, -0.1) is 0 Å². The average Bonchev–Trinajstić information content (AvgIpc) is 3.25. The third kappa shape index (κ3) is 2.87. The van der Waals surface area contributed by atoms with Crippen molar-refractivity contribution in [2.75, 3.05) is 4.72 Å². The van der Waals surface area contributed by atoms with Crippen molar-refractivity contribution >= 4 is 33.4 Å². The molecule has 3 heterocycles. The van der Waals surface area contributed by atoms with E-state index >= 15 is 0 Å². The molecule has 0 saturated carbocycles. The zero-order valence-corrected chi connectivity index (χ0v) is 15.3. The molecule has 3 amide bonds. The average molecular weight is 401 g/mol. The van der Waals surface area contributed by atoms with Crippen LogP contribution in [0.1, 0.15) is 33.6 Å². The van der Waals surface area contributed by atoms with Crippen molar-refractivity contribution in [2.24, 2.45) is 0 Å². The van der Waals surface area contributed by atoms with Crippen LogP contribution in [0.5, 0.6) is 0 Å².